The van der Waals surface area contributed by atoms with Gasteiger partial charge in [0.2, 0.25) is 0 Å². The lowest BCUT2D eigenvalue weighted by atomic mass is 9.86. The molecule has 2 rings (SSSR count). The number of carbonyl (C=O) groups is 2. The molecule has 22 heavy (non-hydrogen) atoms. The molecule has 2 heterocycles. The van der Waals surface area contributed by atoms with Crippen LogP contribution in [-0.4, -0.2) is 34.6 Å². The summed E-state index contributed by atoms with van der Waals surface area (Å²) in [7, 11) is 1.33. The van der Waals surface area contributed by atoms with Gasteiger partial charge in [0, 0.05) is 6.54 Å². The molecule has 0 saturated carbocycles. The number of aromatic nitrogens is 2. The number of methoxy groups -OCH3 is 1. The first-order valence-electron chi connectivity index (χ1n) is 7.70. The predicted octanol–water partition coefficient (Wildman–Crippen LogP) is 1.85. The highest BCUT2D eigenvalue weighted by molar-refractivity contribution is 5.96. The van der Waals surface area contributed by atoms with Crippen LogP contribution in [-0.2, 0) is 22.5 Å². The van der Waals surface area contributed by atoms with Crippen LogP contribution >= 0.6 is 0 Å². The Labute approximate surface area is 131 Å². The molecule has 1 aliphatic rings. The monoisotopic (exact) mass is 307 g/mol. The second kappa shape index (κ2) is 6.10. The minimum atomic E-state index is -0.703. The van der Waals surface area contributed by atoms with Crippen LogP contribution in [0.25, 0.3) is 0 Å². The number of aryl methyl sites for hydroxylation is 1. The number of nitrogens with one attached hydrogen (secondary N) is 1. The van der Waals surface area contributed by atoms with E-state index in [-0.39, 0.29) is 5.91 Å². The van der Waals surface area contributed by atoms with Crippen molar-refractivity contribution in [2.24, 2.45) is 5.41 Å². The van der Waals surface area contributed by atoms with Crippen molar-refractivity contribution >= 4 is 11.9 Å². The van der Waals surface area contributed by atoms with Gasteiger partial charge in [-0.05, 0) is 31.6 Å². The van der Waals surface area contributed by atoms with E-state index in [4.69, 9.17) is 4.74 Å². The molecule has 1 aromatic rings. The lowest BCUT2D eigenvalue weighted by Crippen LogP contribution is -2.50. The molecule has 1 aromatic heterocycles. The van der Waals surface area contributed by atoms with Crippen LogP contribution in [0, 0.1) is 12.3 Å². The summed E-state index contributed by atoms with van der Waals surface area (Å²) in [6, 6.07) is -0.703. The minimum absolute atomic E-state index is 0.302. The van der Waals surface area contributed by atoms with Gasteiger partial charge < -0.3 is 14.6 Å². The third-order valence-corrected chi connectivity index (χ3v) is 4.10. The van der Waals surface area contributed by atoms with Crippen LogP contribution in [0.3, 0.4) is 0 Å². The third kappa shape index (κ3) is 3.15. The van der Waals surface area contributed by atoms with Crippen molar-refractivity contribution in [3.63, 3.8) is 0 Å². The van der Waals surface area contributed by atoms with Gasteiger partial charge in [-0.1, -0.05) is 20.8 Å². The number of esters is 1. The Morgan fingerprint density at radius 2 is 2.00 bits per heavy atom. The molecule has 1 aliphatic heterocycles. The number of nitrogens with zero attached hydrogens (tertiary/aromatic N) is 2. The molecule has 0 saturated heterocycles. The van der Waals surface area contributed by atoms with Crippen molar-refractivity contribution in [1.82, 2.24) is 14.9 Å². The summed E-state index contributed by atoms with van der Waals surface area (Å²) in [6.45, 7) is 8.49. The number of fused-ring (bicyclic) bond motifs is 1. The van der Waals surface area contributed by atoms with Gasteiger partial charge in [0.15, 0.2) is 0 Å². The van der Waals surface area contributed by atoms with Crippen LogP contribution in [0.15, 0.2) is 0 Å². The van der Waals surface area contributed by atoms with Gasteiger partial charge in [0.05, 0.1) is 12.8 Å². The summed E-state index contributed by atoms with van der Waals surface area (Å²) in [4.78, 5) is 29.0. The number of rotatable bonds is 3. The maximum atomic E-state index is 12.6. The van der Waals surface area contributed by atoms with Crippen LogP contribution in [0.1, 0.15) is 55.6 Å². The maximum absolute atomic E-state index is 12.6. The van der Waals surface area contributed by atoms with Crippen molar-refractivity contribution in [3.8, 4) is 0 Å². The van der Waals surface area contributed by atoms with E-state index in [1.54, 1.807) is 0 Å². The van der Waals surface area contributed by atoms with Crippen molar-refractivity contribution in [2.75, 3.05) is 7.11 Å². The molecule has 0 aromatic carbocycles. The first kappa shape index (κ1) is 16.5. The van der Waals surface area contributed by atoms with Gasteiger partial charge in [0.1, 0.15) is 17.6 Å². The Bertz CT molecular complexity index is 584. The standard InChI is InChI=1S/C16H25N3O3/c1-10-17-12(11-8-6-7-9-19(10)11)14(20)18-13(15(21)22-5)16(2,3)4/h13H,6-9H2,1-5H3,(H,18,20)/t13-/m1/s1. The smallest absolute Gasteiger partial charge is 0.328 e. The van der Waals surface area contributed by atoms with Crippen molar-refractivity contribution in [1.29, 1.82) is 0 Å². The normalized spacial score (nSPS) is 15.9. The zero-order valence-corrected chi connectivity index (χ0v) is 14.0. The molecule has 1 amide bonds. The lowest BCUT2D eigenvalue weighted by Gasteiger charge is -2.29. The molecule has 0 aliphatic carbocycles. The van der Waals surface area contributed by atoms with Gasteiger partial charge in [-0.15, -0.1) is 0 Å². The van der Waals surface area contributed by atoms with Gasteiger partial charge in [-0.25, -0.2) is 9.78 Å². The van der Waals surface area contributed by atoms with E-state index < -0.39 is 17.4 Å². The first-order valence-corrected chi connectivity index (χ1v) is 7.70. The van der Waals surface area contributed by atoms with Crippen molar-refractivity contribution in [3.05, 3.63) is 17.2 Å². The molecular formula is C16H25N3O3. The zero-order chi connectivity index (χ0) is 16.5. The van der Waals surface area contributed by atoms with Gasteiger partial charge >= 0.3 is 5.97 Å². The second-order valence-corrected chi connectivity index (χ2v) is 6.86. The summed E-state index contributed by atoms with van der Waals surface area (Å²) in [5.41, 5.74) is 0.978. The number of ether oxygens (including phenoxy) is 1. The highest BCUT2D eigenvalue weighted by atomic mass is 16.5. The molecule has 0 fully saturated rings. The molecule has 6 nitrogen and oxygen atoms in total. The van der Waals surface area contributed by atoms with Gasteiger partial charge in [-0.2, -0.15) is 0 Å². The summed E-state index contributed by atoms with van der Waals surface area (Å²) < 4.78 is 6.91. The number of hydrogen-bond donors (Lipinski definition) is 1. The zero-order valence-electron chi connectivity index (χ0n) is 14.0. The molecular weight excluding hydrogens is 282 g/mol. The largest absolute Gasteiger partial charge is 0.467 e. The quantitative estimate of drug-likeness (QED) is 0.865. The van der Waals surface area contributed by atoms with Gasteiger partial charge in [-0.3, -0.25) is 4.79 Å². The Kier molecular flexibility index (Phi) is 4.58. The topological polar surface area (TPSA) is 73.2 Å². The average Bonchev–Trinajstić information content (AvgIpc) is 2.80. The Morgan fingerprint density at radius 1 is 1.32 bits per heavy atom. The number of amides is 1. The fraction of sp³-hybridized carbons (Fsp3) is 0.688. The van der Waals surface area contributed by atoms with E-state index >= 15 is 0 Å². The number of carbonyl (C=O) groups excluding carboxylic acids is 2. The SMILES string of the molecule is COC(=O)[C@@H](NC(=O)c1nc(C)n2c1CCCC2)C(C)(C)C. The van der Waals surface area contributed by atoms with Crippen molar-refractivity contribution in [2.45, 2.75) is 59.5 Å². The van der Waals surface area contributed by atoms with Crippen LogP contribution in [0.5, 0.6) is 0 Å². The average molecular weight is 307 g/mol. The summed E-state index contributed by atoms with van der Waals surface area (Å²) in [5, 5.41) is 2.80. The van der Waals surface area contributed by atoms with E-state index in [1.807, 2.05) is 27.7 Å². The number of hydrogen-bond acceptors (Lipinski definition) is 4. The second-order valence-electron chi connectivity index (χ2n) is 6.86. The maximum Gasteiger partial charge on any atom is 0.328 e. The molecule has 1 atom stereocenters. The lowest BCUT2D eigenvalue weighted by molar-refractivity contribution is -0.145. The van der Waals surface area contributed by atoms with E-state index in [2.05, 4.69) is 14.9 Å². The highest BCUT2D eigenvalue weighted by Crippen LogP contribution is 2.23. The van der Waals surface area contributed by atoms with Crippen LogP contribution < -0.4 is 5.32 Å². The molecule has 122 valence electrons. The summed E-state index contributed by atoms with van der Waals surface area (Å²) in [5.74, 6) is 0.111. The Morgan fingerprint density at radius 3 is 2.59 bits per heavy atom. The first-order chi connectivity index (χ1) is 10.3. The van der Waals surface area contributed by atoms with Crippen LogP contribution in [0.2, 0.25) is 0 Å². The fourth-order valence-corrected chi connectivity index (χ4v) is 2.85. The Hall–Kier alpha value is -1.85. The number of imidazole rings is 1. The predicted molar refractivity (Wildman–Crippen MR) is 82.6 cm³/mol. The van der Waals surface area contributed by atoms with Crippen LogP contribution in [0.4, 0.5) is 0 Å². The molecule has 0 spiro atoms. The molecule has 6 heteroatoms. The summed E-state index contributed by atoms with van der Waals surface area (Å²) in [6.07, 6.45) is 3.02. The van der Waals surface area contributed by atoms with E-state index in [9.17, 15) is 9.59 Å². The summed E-state index contributed by atoms with van der Waals surface area (Å²) >= 11 is 0. The third-order valence-electron chi connectivity index (χ3n) is 4.10. The highest BCUT2D eigenvalue weighted by Gasteiger charge is 2.35. The minimum Gasteiger partial charge on any atom is -0.467 e. The molecule has 0 unspecified atom stereocenters. The van der Waals surface area contributed by atoms with E-state index in [0.29, 0.717) is 5.69 Å². The van der Waals surface area contributed by atoms with Gasteiger partial charge in [0.25, 0.3) is 5.91 Å². The molecule has 0 bridgehead atoms. The Balaban J connectivity index is 2.26. The molecule has 1 N–H and O–H groups in total. The van der Waals surface area contributed by atoms with Crippen molar-refractivity contribution < 1.29 is 14.3 Å². The van der Waals surface area contributed by atoms with E-state index in [0.717, 1.165) is 37.3 Å². The van der Waals surface area contributed by atoms with E-state index in [1.165, 1.54) is 7.11 Å². The fourth-order valence-electron chi connectivity index (χ4n) is 2.85. The molecule has 0 radical (unpaired) electrons.